The fourth-order valence-electron chi connectivity index (χ4n) is 2.79. The van der Waals surface area contributed by atoms with Crippen LogP contribution < -0.4 is 10.6 Å². The molecule has 0 spiro atoms. The van der Waals surface area contributed by atoms with Crippen LogP contribution in [0.15, 0.2) is 54.6 Å². The molecule has 2 rings (SSSR count). The number of rotatable bonds is 10. The lowest BCUT2D eigenvalue weighted by Crippen LogP contribution is -2.25. The molecule has 8 heteroatoms. The van der Waals surface area contributed by atoms with Crippen molar-refractivity contribution in [2.24, 2.45) is 0 Å². The first-order chi connectivity index (χ1) is 14.4. The summed E-state index contributed by atoms with van der Waals surface area (Å²) >= 11 is 0. The number of nitrogens with one attached hydrogen (secondary N) is 2. The Hall–Kier alpha value is -3.03. The Kier molecular flexibility index (Phi) is 9.18. The Balaban J connectivity index is 1.55. The first kappa shape index (κ1) is 23.3. The molecular formula is C22H25F3N2O3. The van der Waals surface area contributed by atoms with E-state index in [1.807, 2.05) is 30.3 Å². The van der Waals surface area contributed by atoms with Gasteiger partial charge in [-0.15, -0.1) is 0 Å². The molecule has 0 unspecified atom stereocenters. The van der Waals surface area contributed by atoms with E-state index in [-0.39, 0.29) is 31.0 Å². The molecule has 0 fully saturated rings. The van der Waals surface area contributed by atoms with Crippen LogP contribution in [0.25, 0.3) is 0 Å². The largest absolute Gasteiger partial charge is 0.445 e. The van der Waals surface area contributed by atoms with Crippen LogP contribution in [0, 0.1) is 0 Å². The van der Waals surface area contributed by atoms with Crippen LogP contribution >= 0.6 is 0 Å². The van der Waals surface area contributed by atoms with Crippen LogP contribution in [0.3, 0.4) is 0 Å². The lowest BCUT2D eigenvalue weighted by molar-refractivity contribution is -0.138. The van der Waals surface area contributed by atoms with E-state index < -0.39 is 17.8 Å². The van der Waals surface area contributed by atoms with Gasteiger partial charge in [-0.2, -0.15) is 13.2 Å². The summed E-state index contributed by atoms with van der Waals surface area (Å²) in [7, 11) is 0. The summed E-state index contributed by atoms with van der Waals surface area (Å²) in [6, 6.07) is 14.5. The quantitative estimate of drug-likeness (QED) is 0.540. The number of halogens is 3. The minimum atomic E-state index is -4.45. The molecule has 0 saturated heterocycles. The number of hydrogen-bond donors (Lipinski definition) is 2. The van der Waals surface area contributed by atoms with E-state index >= 15 is 0 Å². The average Bonchev–Trinajstić information content (AvgIpc) is 2.73. The molecule has 162 valence electrons. The lowest BCUT2D eigenvalue weighted by Gasteiger charge is -2.13. The molecular weight excluding hydrogens is 397 g/mol. The van der Waals surface area contributed by atoms with Crippen molar-refractivity contribution in [3.05, 3.63) is 71.3 Å². The highest BCUT2D eigenvalue weighted by Gasteiger charge is 2.32. The molecule has 0 radical (unpaired) electrons. The van der Waals surface area contributed by atoms with Gasteiger partial charge in [0, 0.05) is 19.5 Å². The fourth-order valence-corrected chi connectivity index (χ4v) is 2.79. The number of benzene rings is 2. The molecule has 0 aromatic heterocycles. The summed E-state index contributed by atoms with van der Waals surface area (Å²) in [6.45, 7) is 0.460. The number of hydrogen-bond acceptors (Lipinski definition) is 3. The maximum absolute atomic E-state index is 12.9. The fraction of sp³-hybridized carbons (Fsp3) is 0.364. The van der Waals surface area contributed by atoms with Crippen LogP contribution in [0.1, 0.15) is 42.4 Å². The van der Waals surface area contributed by atoms with Gasteiger partial charge in [-0.05, 0) is 30.0 Å². The van der Waals surface area contributed by atoms with Gasteiger partial charge in [-0.3, -0.25) is 4.79 Å². The number of alkyl carbamates (subject to hydrolysis) is 1. The molecule has 0 aliphatic heterocycles. The second-order valence-corrected chi connectivity index (χ2v) is 6.73. The van der Waals surface area contributed by atoms with Crippen molar-refractivity contribution in [1.82, 2.24) is 10.6 Å². The van der Waals surface area contributed by atoms with E-state index in [4.69, 9.17) is 4.74 Å². The van der Waals surface area contributed by atoms with Crippen molar-refractivity contribution in [2.45, 2.75) is 45.0 Å². The van der Waals surface area contributed by atoms with E-state index in [2.05, 4.69) is 10.6 Å². The number of ether oxygens (including phenoxy) is 1. The molecule has 2 N–H and O–H groups in total. The second kappa shape index (κ2) is 11.8. The summed E-state index contributed by atoms with van der Waals surface area (Å²) in [5, 5.41) is 5.16. The Labute approximate surface area is 173 Å². The summed E-state index contributed by atoms with van der Waals surface area (Å²) in [5.74, 6) is -0.304. The smallest absolute Gasteiger partial charge is 0.416 e. The molecule has 2 aromatic carbocycles. The third-order valence-corrected chi connectivity index (χ3v) is 4.36. The van der Waals surface area contributed by atoms with Crippen molar-refractivity contribution in [3.63, 3.8) is 0 Å². The first-order valence-corrected chi connectivity index (χ1v) is 9.72. The minimum Gasteiger partial charge on any atom is -0.445 e. The molecule has 0 heterocycles. The number of carbonyl (C=O) groups excluding carboxylic acids is 2. The predicted octanol–water partition coefficient (Wildman–Crippen LogP) is 4.81. The summed E-state index contributed by atoms with van der Waals surface area (Å²) in [5.41, 5.74) is 0.198. The van der Waals surface area contributed by atoms with Gasteiger partial charge in [0.05, 0.1) is 5.56 Å². The van der Waals surface area contributed by atoms with Crippen LogP contribution in [0.2, 0.25) is 0 Å². The number of unbranched alkanes of at least 4 members (excludes halogenated alkanes) is 2. The van der Waals surface area contributed by atoms with E-state index in [0.717, 1.165) is 11.6 Å². The molecule has 0 atom stereocenters. The maximum atomic E-state index is 12.9. The van der Waals surface area contributed by atoms with Gasteiger partial charge >= 0.3 is 12.3 Å². The van der Waals surface area contributed by atoms with Crippen molar-refractivity contribution < 1.29 is 27.5 Å². The molecule has 5 nitrogen and oxygen atoms in total. The third-order valence-electron chi connectivity index (χ3n) is 4.36. The van der Waals surface area contributed by atoms with Crippen LogP contribution in [-0.2, 0) is 28.9 Å². The number of alkyl halides is 3. The first-order valence-electron chi connectivity index (χ1n) is 9.72. The van der Waals surface area contributed by atoms with Gasteiger partial charge in [0.1, 0.15) is 6.61 Å². The van der Waals surface area contributed by atoms with Crippen molar-refractivity contribution in [2.75, 3.05) is 6.54 Å². The van der Waals surface area contributed by atoms with Crippen LogP contribution in [0.4, 0.5) is 18.0 Å². The Morgan fingerprint density at radius 1 is 0.867 bits per heavy atom. The zero-order valence-corrected chi connectivity index (χ0v) is 16.5. The molecule has 2 aromatic rings. The van der Waals surface area contributed by atoms with E-state index in [0.29, 0.717) is 25.8 Å². The predicted molar refractivity (Wildman–Crippen MR) is 106 cm³/mol. The van der Waals surface area contributed by atoms with Gasteiger partial charge in [-0.25, -0.2) is 4.79 Å². The Bertz CT molecular complexity index is 811. The monoisotopic (exact) mass is 422 g/mol. The van der Waals surface area contributed by atoms with Crippen molar-refractivity contribution in [1.29, 1.82) is 0 Å². The van der Waals surface area contributed by atoms with E-state index in [1.165, 1.54) is 18.2 Å². The number of carbonyl (C=O) groups is 2. The Morgan fingerprint density at radius 2 is 1.57 bits per heavy atom. The average molecular weight is 422 g/mol. The molecule has 0 aliphatic carbocycles. The summed E-state index contributed by atoms with van der Waals surface area (Å²) in [6.07, 6.45) is -2.78. The van der Waals surface area contributed by atoms with Gasteiger partial charge < -0.3 is 15.4 Å². The highest BCUT2D eigenvalue weighted by Crippen LogP contribution is 2.31. The van der Waals surface area contributed by atoms with E-state index in [9.17, 15) is 22.8 Å². The molecule has 0 bridgehead atoms. The van der Waals surface area contributed by atoms with Crippen LogP contribution in [-0.4, -0.2) is 18.5 Å². The third kappa shape index (κ3) is 8.55. The standard InChI is InChI=1S/C22H25F3N2O3/c23-22(24,25)19-12-7-6-11-18(19)15-27-20(28)13-5-2-8-14-26-21(29)30-16-17-9-3-1-4-10-17/h1,3-4,6-7,9-12H,2,5,8,13-16H2,(H,26,29)(H,27,28). The van der Waals surface area contributed by atoms with E-state index in [1.54, 1.807) is 0 Å². The molecule has 2 amide bonds. The second-order valence-electron chi connectivity index (χ2n) is 6.73. The van der Waals surface area contributed by atoms with Gasteiger partial charge in [0.25, 0.3) is 0 Å². The topological polar surface area (TPSA) is 67.4 Å². The zero-order valence-electron chi connectivity index (χ0n) is 16.5. The van der Waals surface area contributed by atoms with Crippen LogP contribution in [0.5, 0.6) is 0 Å². The molecule has 0 saturated carbocycles. The minimum absolute atomic E-state index is 0.0385. The summed E-state index contributed by atoms with van der Waals surface area (Å²) in [4.78, 5) is 23.5. The number of amides is 2. The van der Waals surface area contributed by atoms with Gasteiger partial charge in [-0.1, -0.05) is 55.0 Å². The van der Waals surface area contributed by atoms with Gasteiger partial charge in [0.2, 0.25) is 5.91 Å². The SMILES string of the molecule is O=C(CCCCCNC(=O)OCc1ccccc1)NCc1ccccc1C(F)(F)F. The lowest BCUT2D eigenvalue weighted by atomic mass is 10.1. The summed E-state index contributed by atoms with van der Waals surface area (Å²) < 4.78 is 43.9. The molecule has 0 aliphatic rings. The van der Waals surface area contributed by atoms with Crippen molar-refractivity contribution in [3.8, 4) is 0 Å². The highest BCUT2D eigenvalue weighted by atomic mass is 19.4. The zero-order chi connectivity index (χ0) is 21.8. The van der Waals surface area contributed by atoms with Gasteiger partial charge in [0.15, 0.2) is 0 Å². The normalized spacial score (nSPS) is 11.0. The highest BCUT2D eigenvalue weighted by molar-refractivity contribution is 5.75. The molecule has 30 heavy (non-hydrogen) atoms. The Morgan fingerprint density at radius 3 is 2.30 bits per heavy atom. The van der Waals surface area contributed by atoms with Crippen molar-refractivity contribution >= 4 is 12.0 Å². The maximum Gasteiger partial charge on any atom is 0.416 e.